The second-order valence-corrected chi connectivity index (χ2v) is 8.25. The van der Waals surface area contributed by atoms with Crippen molar-refractivity contribution in [1.29, 1.82) is 0 Å². The maximum atomic E-state index is 12.6. The third-order valence-corrected chi connectivity index (χ3v) is 6.41. The molecule has 1 atom stereocenters. The standard InChI is InChI=1S/C19H33N3O2/c1-15(21-17(23)13-16-5-3-2-4-6-16)18(24)22-11-8-19(9-12-22)7-10-20-14-19/h15-16,20H,2-14H2,1H3,(H,21,23). The van der Waals surface area contributed by atoms with Gasteiger partial charge in [0.1, 0.15) is 6.04 Å². The zero-order chi connectivity index (χ0) is 17.0. The molecule has 0 aromatic carbocycles. The molecule has 5 heteroatoms. The van der Waals surface area contributed by atoms with Gasteiger partial charge in [0, 0.05) is 26.1 Å². The van der Waals surface area contributed by atoms with Crippen molar-refractivity contribution in [3.8, 4) is 0 Å². The van der Waals surface area contributed by atoms with Gasteiger partial charge in [-0.25, -0.2) is 0 Å². The largest absolute Gasteiger partial charge is 0.345 e. The molecule has 2 heterocycles. The van der Waals surface area contributed by atoms with E-state index in [9.17, 15) is 9.59 Å². The van der Waals surface area contributed by atoms with Crippen molar-refractivity contribution in [2.45, 2.75) is 70.8 Å². The van der Waals surface area contributed by atoms with Crippen LogP contribution < -0.4 is 10.6 Å². The van der Waals surface area contributed by atoms with Crippen molar-refractivity contribution >= 4 is 11.8 Å². The minimum atomic E-state index is -0.392. The van der Waals surface area contributed by atoms with Crippen LogP contribution in [0.5, 0.6) is 0 Å². The second kappa shape index (κ2) is 7.85. The van der Waals surface area contributed by atoms with E-state index in [1.165, 1.54) is 25.7 Å². The number of carbonyl (C=O) groups is 2. The van der Waals surface area contributed by atoms with Crippen LogP contribution in [0.25, 0.3) is 0 Å². The summed E-state index contributed by atoms with van der Waals surface area (Å²) in [7, 11) is 0. The summed E-state index contributed by atoms with van der Waals surface area (Å²) in [5.41, 5.74) is 0.421. The number of amides is 2. The Labute approximate surface area is 145 Å². The third kappa shape index (κ3) is 4.29. The second-order valence-electron chi connectivity index (χ2n) is 8.25. The van der Waals surface area contributed by atoms with Crippen molar-refractivity contribution in [3.05, 3.63) is 0 Å². The molecule has 1 unspecified atom stereocenters. The van der Waals surface area contributed by atoms with Crippen LogP contribution >= 0.6 is 0 Å². The number of nitrogens with zero attached hydrogens (tertiary/aromatic N) is 1. The number of hydrogen-bond acceptors (Lipinski definition) is 3. The first-order valence-corrected chi connectivity index (χ1v) is 9.87. The van der Waals surface area contributed by atoms with Crippen LogP contribution in [0.3, 0.4) is 0 Å². The lowest BCUT2D eigenvalue weighted by atomic mass is 9.78. The van der Waals surface area contributed by atoms with E-state index < -0.39 is 6.04 Å². The van der Waals surface area contributed by atoms with Gasteiger partial charge >= 0.3 is 0 Å². The predicted octanol–water partition coefficient (Wildman–Crippen LogP) is 2.06. The molecule has 3 aliphatic rings. The predicted molar refractivity (Wildman–Crippen MR) is 94.5 cm³/mol. The normalized spacial score (nSPS) is 25.6. The SMILES string of the molecule is CC(NC(=O)CC1CCCCC1)C(=O)N1CCC2(CCNC2)CC1. The van der Waals surface area contributed by atoms with Gasteiger partial charge < -0.3 is 15.5 Å². The van der Waals surface area contributed by atoms with E-state index in [1.54, 1.807) is 0 Å². The third-order valence-electron chi connectivity index (χ3n) is 6.41. The van der Waals surface area contributed by atoms with Crippen molar-refractivity contribution in [1.82, 2.24) is 15.5 Å². The van der Waals surface area contributed by atoms with Crippen LogP contribution in [0.2, 0.25) is 0 Å². The van der Waals surface area contributed by atoms with Gasteiger partial charge in [-0.2, -0.15) is 0 Å². The first-order valence-electron chi connectivity index (χ1n) is 9.87. The number of rotatable bonds is 4. The maximum absolute atomic E-state index is 12.6. The van der Waals surface area contributed by atoms with E-state index in [0.717, 1.165) is 51.9 Å². The van der Waals surface area contributed by atoms with Crippen LogP contribution in [0, 0.1) is 11.3 Å². The van der Waals surface area contributed by atoms with Crippen molar-refractivity contribution in [2.24, 2.45) is 11.3 Å². The minimum absolute atomic E-state index is 0.0521. The van der Waals surface area contributed by atoms with Crippen LogP contribution in [0.1, 0.15) is 64.7 Å². The summed E-state index contributed by atoms with van der Waals surface area (Å²) < 4.78 is 0. The molecule has 0 radical (unpaired) electrons. The fourth-order valence-corrected chi connectivity index (χ4v) is 4.71. The molecule has 2 amide bonds. The topological polar surface area (TPSA) is 61.4 Å². The summed E-state index contributed by atoms with van der Waals surface area (Å²) in [6.45, 7) is 5.72. The van der Waals surface area contributed by atoms with E-state index in [-0.39, 0.29) is 11.8 Å². The highest BCUT2D eigenvalue weighted by Crippen LogP contribution is 2.37. The lowest BCUT2D eigenvalue weighted by Gasteiger charge is -2.39. The zero-order valence-electron chi connectivity index (χ0n) is 15.1. The van der Waals surface area contributed by atoms with Gasteiger partial charge in [-0.05, 0) is 56.9 Å². The van der Waals surface area contributed by atoms with Crippen LogP contribution in [-0.4, -0.2) is 48.9 Å². The highest BCUT2D eigenvalue weighted by Gasteiger charge is 2.38. The van der Waals surface area contributed by atoms with Gasteiger partial charge in [0.2, 0.25) is 11.8 Å². The van der Waals surface area contributed by atoms with Crippen LogP contribution in [-0.2, 0) is 9.59 Å². The van der Waals surface area contributed by atoms with Gasteiger partial charge in [-0.3, -0.25) is 9.59 Å². The van der Waals surface area contributed by atoms with Gasteiger partial charge in [-0.15, -0.1) is 0 Å². The van der Waals surface area contributed by atoms with E-state index in [4.69, 9.17) is 0 Å². The molecule has 5 nitrogen and oxygen atoms in total. The van der Waals surface area contributed by atoms with E-state index in [2.05, 4.69) is 10.6 Å². The number of likely N-dealkylation sites (tertiary alicyclic amines) is 1. The Morgan fingerprint density at radius 3 is 2.50 bits per heavy atom. The number of nitrogens with one attached hydrogen (secondary N) is 2. The molecule has 0 aromatic heterocycles. The summed E-state index contributed by atoms with van der Waals surface area (Å²) >= 11 is 0. The molecule has 1 aliphatic carbocycles. The van der Waals surface area contributed by atoms with E-state index in [1.807, 2.05) is 11.8 Å². The number of piperidine rings is 1. The molecule has 24 heavy (non-hydrogen) atoms. The lowest BCUT2D eigenvalue weighted by Crippen LogP contribution is -2.51. The van der Waals surface area contributed by atoms with Crippen molar-refractivity contribution < 1.29 is 9.59 Å². The van der Waals surface area contributed by atoms with Crippen LogP contribution in [0.4, 0.5) is 0 Å². The average Bonchev–Trinajstić information content (AvgIpc) is 3.04. The molecular weight excluding hydrogens is 302 g/mol. The number of hydrogen-bond donors (Lipinski definition) is 2. The molecule has 3 rings (SSSR count). The Hall–Kier alpha value is -1.10. The summed E-state index contributed by atoms with van der Waals surface area (Å²) in [6.07, 6.45) is 10.1. The van der Waals surface area contributed by atoms with Gasteiger partial charge in [0.15, 0.2) is 0 Å². The molecule has 1 saturated carbocycles. The van der Waals surface area contributed by atoms with Crippen LogP contribution in [0.15, 0.2) is 0 Å². The first kappa shape index (κ1) is 17.7. The zero-order valence-corrected chi connectivity index (χ0v) is 15.1. The first-order chi connectivity index (χ1) is 11.6. The smallest absolute Gasteiger partial charge is 0.244 e. The number of carbonyl (C=O) groups excluding carboxylic acids is 2. The Kier molecular flexibility index (Phi) is 5.80. The lowest BCUT2D eigenvalue weighted by molar-refractivity contribution is -0.138. The van der Waals surface area contributed by atoms with E-state index >= 15 is 0 Å². The van der Waals surface area contributed by atoms with Gasteiger partial charge in [0.05, 0.1) is 0 Å². The molecular formula is C19H33N3O2. The Morgan fingerprint density at radius 1 is 1.17 bits per heavy atom. The molecule has 3 fully saturated rings. The molecule has 2 saturated heterocycles. The molecule has 1 spiro atoms. The summed E-state index contributed by atoms with van der Waals surface area (Å²) in [4.78, 5) is 26.8. The summed E-state index contributed by atoms with van der Waals surface area (Å²) in [6, 6.07) is -0.392. The molecule has 0 bridgehead atoms. The highest BCUT2D eigenvalue weighted by molar-refractivity contribution is 5.87. The Balaban J connectivity index is 1.42. The summed E-state index contributed by atoms with van der Waals surface area (Å²) in [5, 5.41) is 6.40. The minimum Gasteiger partial charge on any atom is -0.345 e. The fourth-order valence-electron chi connectivity index (χ4n) is 4.71. The van der Waals surface area contributed by atoms with Gasteiger partial charge in [-0.1, -0.05) is 19.3 Å². The summed E-state index contributed by atoms with van der Waals surface area (Å²) in [5.74, 6) is 0.662. The van der Waals surface area contributed by atoms with E-state index in [0.29, 0.717) is 17.8 Å². The maximum Gasteiger partial charge on any atom is 0.244 e. The highest BCUT2D eigenvalue weighted by atomic mass is 16.2. The molecule has 0 aromatic rings. The van der Waals surface area contributed by atoms with Crippen molar-refractivity contribution in [2.75, 3.05) is 26.2 Å². The Morgan fingerprint density at radius 2 is 1.88 bits per heavy atom. The van der Waals surface area contributed by atoms with Gasteiger partial charge in [0.25, 0.3) is 0 Å². The quantitative estimate of drug-likeness (QED) is 0.827. The molecule has 2 N–H and O–H groups in total. The Bertz CT molecular complexity index is 444. The van der Waals surface area contributed by atoms with Crippen molar-refractivity contribution in [3.63, 3.8) is 0 Å². The molecule has 2 aliphatic heterocycles. The fraction of sp³-hybridized carbons (Fsp3) is 0.895. The average molecular weight is 335 g/mol. The monoisotopic (exact) mass is 335 g/mol. The molecule has 136 valence electrons.